The normalized spacial score (nSPS) is 54.3. The van der Waals surface area contributed by atoms with Gasteiger partial charge in [0.2, 0.25) is 0 Å². The minimum Gasteiger partial charge on any atom is -0.457 e. The average molecular weight is 731 g/mol. The molecule has 11 nitrogen and oxygen atoms in total. The summed E-state index contributed by atoms with van der Waals surface area (Å²) in [5.74, 6) is -1.11. The van der Waals surface area contributed by atoms with Crippen molar-refractivity contribution in [2.75, 3.05) is 6.61 Å². The van der Waals surface area contributed by atoms with Crippen molar-refractivity contribution in [3.63, 3.8) is 0 Å². The van der Waals surface area contributed by atoms with Gasteiger partial charge in [0.15, 0.2) is 18.2 Å². The van der Waals surface area contributed by atoms with Crippen molar-refractivity contribution in [1.29, 1.82) is 0 Å². The van der Waals surface area contributed by atoms with Crippen LogP contribution >= 0.6 is 0 Å². The van der Waals surface area contributed by atoms with Crippen molar-refractivity contribution < 1.29 is 53.3 Å². The first-order chi connectivity index (χ1) is 24.3. The van der Waals surface area contributed by atoms with E-state index in [0.717, 1.165) is 51.4 Å². The number of ether oxygens (including phenoxy) is 6. The molecule has 5 saturated carbocycles. The van der Waals surface area contributed by atoms with Gasteiger partial charge in [-0.2, -0.15) is 0 Å². The summed E-state index contributed by atoms with van der Waals surface area (Å²) in [4.78, 5) is 24.1. The van der Waals surface area contributed by atoms with Gasteiger partial charge in [-0.1, -0.05) is 40.7 Å². The Balaban J connectivity index is 1.03. The standard InChI is InChI=1S/C41H62O11/c1-10-11-28(43)48-24-19-47-33(30(45)29(24)44)49-27-14-15-39-20-40(39)17-16-37(8)31-21(2)18-23-32(36(6,7)50-22(3)42)52-41(31,51-23)34(46)38(37,9)26(40)13-12-25(39)35(27,4)5/h10-11,21,23-27,29-34,44-46H,12-20H2,1-9H3. The summed E-state index contributed by atoms with van der Waals surface area (Å²) in [6.07, 6.45) is 4.29. The second-order valence-corrected chi connectivity index (χ2v) is 19.7. The fraction of sp³-hybridized carbons (Fsp3) is 0.902. The topological polar surface area (TPSA) is 150 Å². The van der Waals surface area contributed by atoms with E-state index in [1.807, 2.05) is 13.8 Å². The van der Waals surface area contributed by atoms with E-state index >= 15 is 0 Å². The summed E-state index contributed by atoms with van der Waals surface area (Å²) in [5, 5.41) is 34.7. The van der Waals surface area contributed by atoms with Crippen LogP contribution in [0.1, 0.15) is 114 Å². The Labute approximate surface area is 308 Å². The zero-order valence-electron chi connectivity index (χ0n) is 32.6. The van der Waals surface area contributed by atoms with Gasteiger partial charge in [-0.15, -0.1) is 0 Å². The van der Waals surface area contributed by atoms with E-state index in [0.29, 0.717) is 11.8 Å². The molecular weight excluding hydrogens is 668 g/mol. The van der Waals surface area contributed by atoms with Gasteiger partial charge in [-0.3, -0.25) is 4.79 Å². The molecule has 8 fully saturated rings. The van der Waals surface area contributed by atoms with Crippen LogP contribution in [0.15, 0.2) is 12.2 Å². The molecule has 8 aliphatic rings. The molecule has 0 aromatic carbocycles. The Morgan fingerprint density at radius 3 is 2.31 bits per heavy atom. The molecule has 17 unspecified atom stereocenters. The number of rotatable bonds is 6. The van der Waals surface area contributed by atoms with Crippen molar-refractivity contribution in [2.24, 2.45) is 50.7 Å². The van der Waals surface area contributed by atoms with E-state index in [1.54, 1.807) is 13.0 Å². The molecule has 3 N–H and O–H groups in total. The molecule has 8 rings (SSSR count). The molecule has 0 radical (unpaired) electrons. The van der Waals surface area contributed by atoms with E-state index in [1.165, 1.54) is 13.0 Å². The SMILES string of the molecule is CC=CC(=O)OC1COC(OC2CCC34CC35CCC3(C)C6C(C)CC7OC6(OC7C(C)(C)OC(C)=O)C(O)C3(C)C5CCC4C2(C)C)C(O)C1O. The summed E-state index contributed by atoms with van der Waals surface area (Å²) in [7, 11) is 0. The smallest absolute Gasteiger partial charge is 0.330 e. The van der Waals surface area contributed by atoms with Crippen LogP contribution in [0.3, 0.4) is 0 Å². The summed E-state index contributed by atoms with van der Waals surface area (Å²) >= 11 is 0. The molecule has 3 aliphatic heterocycles. The van der Waals surface area contributed by atoms with Gasteiger partial charge >= 0.3 is 11.9 Å². The molecule has 292 valence electrons. The number of hydrogen-bond donors (Lipinski definition) is 3. The van der Waals surface area contributed by atoms with Crippen LogP contribution in [0.4, 0.5) is 0 Å². The number of hydrogen-bond acceptors (Lipinski definition) is 11. The van der Waals surface area contributed by atoms with E-state index in [2.05, 4.69) is 34.6 Å². The Kier molecular flexibility index (Phi) is 8.41. The molecule has 0 amide bonds. The summed E-state index contributed by atoms with van der Waals surface area (Å²) in [6, 6.07) is 0. The van der Waals surface area contributed by atoms with Crippen LogP contribution < -0.4 is 0 Å². The number of carbonyl (C=O) groups is 2. The average Bonchev–Trinajstić information content (AvgIpc) is 3.57. The highest BCUT2D eigenvalue weighted by molar-refractivity contribution is 5.82. The maximum absolute atomic E-state index is 12.9. The zero-order valence-corrected chi connectivity index (χ0v) is 32.6. The summed E-state index contributed by atoms with van der Waals surface area (Å²) in [5.41, 5.74) is -1.52. The summed E-state index contributed by atoms with van der Waals surface area (Å²) < 4.78 is 37.6. The van der Waals surface area contributed by atoms with E-state index < -0.39 is 59.6 Å². The Morgan fingerprint density at radius 1 is 0.923 bits per heavy atom. The highest BCUT2D eigenvalue weighted by Gasteiger charge is 2.88. The van der Waals surface area contributed by atoms with Crippen molar-refractivity contribution in [3.8, 4) is 0 Å². The monoisotopic (exact) mass is 730 g/mol. The number of aliphatic hydroxyl groups is 3. The van der Waals surface area contributed by atoms with Crippen molar-refractivity contribution >= 4 is 11.9 Å². The lowest BCUT2D eigenvalue weighted by atomic mass is 9.41. The van der Waals surface area contributed by atoms with Gasteiger partial charge in [-0.25, -0.2) is 4.79 Å². The molecule has 3 heterocycles. The molecule has 3 saturated heterocycles. The van der Waals surface area contributed by atoms with Gasteiger partial charge in [0.05, 0.1) is 18.8 Å². The molecule has 5 aliphatic carbocycles. The van der Waals surface area contributed by atoms with Gasteiger partial charge in [0.1, 0.15) is 30.0 Å². The first kappa shape index (κ1) is 37.3. The summed E-state index contributed by atoms with van der Waals surface area (Å²) in [6.45, 7) is 18.5. The van der Waals surface area contributed by atoms with Crippen LogP contribution in [-0.2, 0) is 38.0 Å². The van der Waals surface area contributed by atoms with Crippen LogP contribution in [0.25, 0.3) is 0 Å². The lowest BCUT2D eigenvalue weighted by molar-refractivity contribution is -0.304. The minimum absolute atomic E-state index is 0.0169. The molecule has 11 heteroatoms. The van der Waals surface area contributed by atoms with Gasteiger partial charge < -0.3 is 43.7 Å². The Morgan fingerprint density at radius 2 is 1.62 bits per heavy atom. The van der Waals surface area contributed by atoms with E-state index in [4.69, 9.17) is 28.4 Å². The number of aliphatic hydroxyl groups excluding tert-OH is 3. The van der Waals surface area contributed by atoms with E-state index in [-0.39, 0.29) is 58.3 Å². The number of carbonyl (C=O) groups excluding carboxylic acids is 2. The number of fused-ring (bicyclic) bond motifs is 4. The maximum atomic E-state index is 12.9. The van der Waals surface area contributed by atoms with Crippen LogP contribution in [-0.4, -0.2) is 94.3 Å². The molecule has 3 spiro atoms. The molecule has 17 atom stereocenters. The predicted octanol–water partition coefficient (Wildman–Crippen LogP) is 4.82. The highest BCUT2D eigenvalue weighted by atomic mass is 16.8. The predicted molar refractivity (Wildman–Crippen MR) is 187 cm³/mol. The molecule has 52 heavy (non-hydrogen) atoms. The fourth-order valence-electron chi connectivity index (χ4n) is 14.8. The Bertz CT molecular complexity index is 1510. The van der Waals surface area contributed by atoms with Crippen LogP contribution in [0.2, 0.25) is 0 Å². The minimum atomic E-state index is -1.35. The lowest BCUT2D eigenvalue weighted by Gasteiger charge is -2.63. The molecular formula is C41H62O11. The lowest BCUT2D eigenvalue weighted by Crippen LogP contribution is -2.61. The highest BCUT2D eigenvalue weighted by Crippen LogP contribution is 2.90. The fourth-order valence-corrected chi connectivity index (χ4v) is 14.8. The third-order valence-corrected chi connectivity index (χ3v) is 16.8. The van der Waals surface area contributed by atoms with Crippen LogP contribution in [0.5, 0.6) is 0 Å². The maximum Gasteiger partial charge on any atom is 0.330 e. The third kappa shape index (κ3) is 4.62. The molecule has 0 aromatic rings. The number of esters is 2. The zero-order chi connectivity index (χ0) is 37.6. The van der Waals surface area contributed by atoms with Gasteiger partial charge in [-0.05, 0) is 112 Å². The third-order valence-electron chi connectivity index (χ3n) is 16.8. The first-order valence-corrected chi connectivity index (χ1v) is 20.0. The van der Waals surface area contributed by atoms with Crippen molar-refractivity contribution in [1.82, 2.24) is 0 Å². The molecule has 2 bridgehead atoms. The molecule has 0 aromatic heterocycles. The van der Waals surface area contributed by atoms with Gasteiger partial charge in [0.25, 0.3) is 0 Å². The van der Waals surface area contributed by atoms with Crippen LogP contribution in [0, 0.1) is 50.7 Å². The second-order valence-electron chi connectivity index (χ2n) is 19.7. The second kappa shape index (κ2) is 11.7. The van der Waals surface area contributed by atoms with Crippen molar-refractivity contribution in [3.05, 3.63) is 12.2 Å². The first-order valence-electron chi connectivity index (χ1n) is 20.0. The van der Waals surface area contributed by atoms with E-state index in [9.17, 15) is 24.9 Å². The van der Waals surface area contributed by atoms with Crippen molar-refractivity contribution in [2.45, 2.75) is 174 Å². The quantitative estimate of drug-likeness (QED) is 0.196. The van der Waals surface area contributed by atoms with Gasteiger partial charge in [0, 0.05) is 24.3 Å². The Hall–Kier alpha value is -1.60. The largest absolute Gasteiger partial charge is 0.457 e. The number of allylic oxidation sites excluding steroid dienone is 1.